The summed E-state index contributed by atoms with van der Waals surface area (Å²) in [6, 6.07) is 50.7. The average molecular weight is 907 g/mol. The molecule has 0 fully saturated rings. The van der Waals surface area contributed by atoms with E-state index in [1.54, 1.807) is 27.4 Å². The Hall–Kier alpha value is -3.87. The van der Waals surface area contributed by atoms with Crippen LogP contribution in [-0.4, -0.2) is 3.21 Å². The van der Waals surface area contributed by atoms with Gasteiger partial charge in [0, 0.05) is 0 Å². The summed E-state index contributed by atoms with van der Waals surface area (Å²) < 4.78 is 1.60. The van der Waals surface area contributed by atoms with E-state index in [2.05, 4.69) is 201 Å². The zero-order valence-corrected chi connectivity index (χ0v) is 40.8. The van der Waals surface area contributed by atoms with Crippen molar-refractivity contribution in [1.82, 2.24) is 0 Å². The third-order valence-electron chi connectivity index (χ3n) is 11.1. The summed E-state index contributed by atoms with van der Waals surface area (Å²) in [5.41, 5.74) is 19.5. The Kier molecular flexibility index (Phi) is 18.1. The van der Waals surface area contributed by atoms with Gasteiger partial charge in [-0.15, -0.1) is 35.2 Å². The molecule has 0 unspecified atom stereocenters. The molecule has 6 aromatic carbocycles. The van der Waals surface area contributed by atoms with E-state index in [0.717, 1.165) is 38.5 Å². The fourth-order valence-electron chi connectivity index (χ4n) is 8.10. The predicted molar refractivity (Wildman–Crippen MR) is 247 cm³/mol. The van der Waals surface area contributed by atoms with Crippen LogP contribution >= 0.6 is 0 Å². The number of rotatable bonds is 8. The van der Waals surface area contributed by atoms with Crippen molar-refractivity contribution in [3.63, 3.8) is 0 Å². The van der Waals surface area contributed by atoms with Gasteiger partial charge in [0.25, 0.3) is 0 Å². The molecular formula is C57H60Cl2Zr-2. The van der Waals surface area contributed by atoms with E-state index in [1.807, 2.05) is 12.2 Å². The first kappa shape index (κ1) is 48.8. The molecule has 0 saturated heterocycles. The first-order chi connectivity index (χ1) is 27.9. The van der Waals surface area contributed by atoms with Crippen LogP contribution in [0.25, 0.3) is 33.4 Å². The number of allylic oxidation sites excluding steroid dienone is 4. The van der Waals surface area contributed by atoms with Gasteiger partial charge in [-0.05, 0) is 57.9 Å². The Morgan fingerprint density at radius 3 is 1.55 bits per heavy atom. The number of hydrogen-bond acceptors (Lipinski definition) is 0. The SMILES string of the molecule is CCc1ccccc1-c1[c-]c2c(cc1C(C)(C)C)-c1cc(C(C)(C)C)c(-c3ccccc3CC)cc1C2.[C-]1=CC=CC1.[Cl-].[Cl-].[Zr+2]=[C](Cc1ccccc1)Cc1ccccc1. The summed E-state index contributed by atoms with van der Waals surface area (Å²) in [4.78, 5) is 0. The van der Waals surface area contributed by atoms with E-state index < -0.39 is 0 Å². The summed E-state index contributed by atoms with van der Waals surface area (Å²) in [7, 11) is 0. The van der Waals surface area contributed by atoms with E-state index in [0.29, 0.717) is 0 Å². The number of hydrogen-bond donors (Lipinski definition) is 0. The van der Waals surface area contributed by atoms with Gasteiger partial charge in [0.2, 0.25) is 0 Å². The van der Waals surface area contributed by atoms with Crippen LogP contribution in [0.3, 0.4) is 0 Å². The molecule has 0 radical (unpaired) electrons. The molecule has 0 amide bonds. The molecule has 308 valence electrons. The second-order valence-electron chi connectivity index (χ2n) is 17.6. The molecule has 2 aliphatic rings. The molecule has 6 aromatic rings. The molecule has 0 heterocycles. The zero-order chi connectivity index (χ0) is 41.3. The second-order valence-corrected chi connectivity index (χ2v) is 19.4. The first-order valence-electron chi connectivity index (χ1n) is 21.2. The van der Waals surface area contributed by atoms with Gasteiger partial charge in [-0.25, -0.2) is 12.2 Å². The van der Waals surface area contributed by atoms with Crippen LogP contribution < -0.4 is 24.8 Å². The maximum atomic E-state index is 3.98. The van der Waals surface area contributed by atoms with Gasteiger partial charge in [-0.1, -0.05) is 138 Å². The third-order valence-corrected chi connectivity index (χ3v) is 12.0. The fraction of sp³-hybridized carbons (Fsp3) is 0.281. The van der Waals surface area contributed by atoms with Gasteiger partial charge in [0.15, 0.2) is 0 Å². The maximum absolute atomic E-state index is 3.98. The van der Waals surface area contributed by atoms with E-state index in [9.17, 15) is 0 Å². The molecule has 60 heavy (non-hydrogen) atoms. The summed E-state index contributed by atoms with van der Waals surface area (Å²) in [5.74, 6) is 0. The number of aryl methyl sites for hydroxylation is 2. The Bertz CT molecular complexity index is 2220. The van der Waals surface area contributed by atoms with Crippen LogP contribution in [0.1, 0.15) is 106 Å². The van der Waals surface area contributed by atoms with Crippen molar-refractivity contribution in [3.8, 4) is 33.4 Å². The minimum atomic E-state index is 0. The van der Waals surface area contributed by atoms with Gasteiger partial charge in [0.1, 0.15) is 0 Å². The Labute approximate surface area is 389 Å². The summed E-state index contributed by atoms with van der Waals surface area (Å²) in [6.45, 7) is 18.6. The van der Waals surface area contributed by atoms with Gasteiger partial charge in [0.05, 0.1) is 0 Å². The summed E-state index contributed by atoms with van der Waals surface area (Å²) in [5, 5.41) is 0. The quantitative estimate of drug-likeness (QED) is 0.134. The van der Waals surface area contributed by atoms with Crippen LogP contribution in [0, 0.1) is 12.1 Å². The van der Waals surface area contributed by atoms with Crippen LogP contribution in [0.2, 0.25) is 0 Å². The van der Waals surface area contributed by atoms with E-state index in [-0.39, 0.29) is 35.6 Å². The van der Waals surface area contributed by atoms with E-state index in [4.69, 9.17) is 0 Å². The second kappa shape index (κ2) is 22.3. The molecule has 0 saturated carbocycles. The molecule has 8 rings (SSSR count). The molecule has 0 atom stereocenters. The summed E-state index contributed by atoms with van der Waals surface area (Å²) >= 11 is 1.55. The third kappa shape index (κ3) is 12.4. The number of fused-ring (bicyclic) bond motifs is 3. The summed E-state index contributed by atoms with van der Waals surface area (Å²) in [6.07, 6.45) is 15.3. The Balaban J connectivity index is 0.000000285. The molecule has 0 N–H and O–H groups in total. The Morgan fingerprint density at radius 1 is 0.567 bits per heavy atom. The van der Waals surface area contributed by atoms with Crippen molar-refractivity contribution in [2.75, 3.05) is 0 Å². The van der Waals surface area contributed by atoms with Crippen molar-refractivity contribution in [2.45, 2.75) is 105 Å². The Morgan fingerprint density at radius 2 is 1.07 bits per heavy atom. The van der Waals surface area contributed by atoms with Crippen LogP contribution in [0.15, 0.2) is 146 Å². The number of benzene rings is 6. The van der Waals surface area contributed by atoms with Gasteiger partial charge in [-0.3, -0.25) is 6.08 Å². The molecule has 3 heteroatoms. The molecule has 0 nitrogen and oxygen atoms in total. The molecule has 0 aromatic heterocycles. The molecular weight excluding hydrogens is 847 g/mol. The standard InChI is InChI=1S/C37H41.C15H14.C5H5.2ClH.Zr/c1-9-24-15-11-13-17-28(24)32-20-26-19-27-21-33(29-18-14-12-16-25(29)10-2)35(37(6,7)8)23-31(27)30(26)22-34(32)36(3,4)5;1-3-8-14(9-4-1)12-7-13-15-10-5-2-6-11-15;1-2-4-5-3-1;;;/h11-18,20,22-23H,9-10,19H2,1-8H3;1-6,8-11H,12-13H2;1-3H,4H2;2*1H;/q-1;;-1;;;+2/p-2. The van der Waals surface area contributed by atoms with Gasteiger partial charge in [-0.2, -0.15) is 6.08 Å². The van der Waals surface area contributed by atoms with Crippen LogP contribution in [-0.2, 0) is 67.2 Å². The van der Waals surface area contributed by atoms with Gasteiger partial charge < -0.3 is 24.8 Å². The molecule has 0 bridgehead atoms. The predicted octanol–water partition coefficient (Wildman–Crippen LogP) is 8.62. The zero-order valence-electron chi connectivity index (χ0n) is 36.9. The molecule has 0 spiro atoms. The fourth-order valence-corrected chi connectivity index (χ4v) is 9.10. The van der Waals surface area contributed by atoms with Crippen molar-refractivity contribution < 1.29 is 49.0 Å². The minimum absolute atomic E-state index is 0. The molecule has 2 aliphatic carbocycles. The van der Waals surface area contributed by atoms with Gasteiger partial charge >= 0.3 is 112 Å². The number of halogens is 2. The molecule has 0 aliphatic heterocycles. The van der Waals surface area contributed by atoms with Crippen molar-refractivity contribution in [2.24, 2.45) is 0 Å². The van der Waals surface area contributed by atoms with E-state index in [1.165, 1.54) is 77.9 Å². The van der Waals surface area contributed by atoms with Crippen molar-refractivity contribution in [3.05, 3.63) is 202 Å². The first-order valence-corrected chi connectivity index (χ1v) is 22.4. The average Bonchev–Trinajstić information content (AvgIpc) is 3.92. The topological polar surface area (TPSA) is 0 Å². The van der Waals surface area contributed by atoms with Crippen LogP contribution in [0.5, 0.6) is 0 Å². The van der Waals surface area contributed by atoms with Crippen molar-refractivity contribution >= 4 is 3.21 Å². The van der Waals surface area contributed by atoms with Crippen molar-refractivity contribution in [1.29, 1.82) is 0 Å². The monoisotopic (exact) mass is 904 g/mol. The normalized spacial score (nSPS) is 12.2. The van der Waals surface area contributed by atoms with E-state index >= 15 is 0 Å². The van der Waals surface area contributed by atoms with Crippen LogP contribution in [0.4, 0.5) is 0 Å².